The first-order chi connectivity index (χ1) is 8.55. The number of ether oxygens (including phenoxy) is 1. The molecule has 1 atom stereocenters. The van der Waals surface area contributed by atoms with Crippen molar-refractivity contribution in [1.29, 1.82) is 0 Å². The maximum atomic E-state index is 13.6. The summed E-state index contributed by atoms with van der Waals surface area (Å²) in [5, 5.41) is 3.00. The molecule has 1 aromatic rings. The van der Waals surface area contributed by atoms with Crippen LogP contribution < -0.4 is 5.32 Å². The number of rotatable bonds is 5. The lowest BCUT2D eigenvalue weighted by Gasteiger charge is -2.29. The third-order valence-electron chi connectivity index (χ3n) is 3.31. The molecule has 1 N–H and O–H groups in total. The molecular formula is C14H18FNO2. The zero-order valence-electron chi connectivity index (χ0n) is 10.7. The normalized spacial score (nSPS) is 17.9. The van der Waals surface area contributed by atoms with Crippen molar-refractivity contribution in [3.05, 3.63) is 30.1 Å². The van der Waals surface area contributed by atoms with E-state index in [1.165, 1.54) is 13.2 Å². The van der Waals surface area contributed by atoms with Crippen LogP contribution in [0.2, 0.25) is 0 Å². The number of benzene rings is 1. The smallest absolute Gasteiger partial charge is 0.331 e. The number of halogens is 1. The number of methoxy groups -OCH3 is 1. The van der Waals surface area contributed by atoms with Crippen LogP contribution in [0.1, 0.15) is 26.2 Å². The number of anilines is 1. The largest absolute Gasteiger partial charge is 0.467 e. The van der Waals surface area contributed by atoms with E-state index in [2.05, 4.69) is 5.32 Å². The third kappa shape index (κ3) is 2.81. The average molecular weight is 251 g/mol. The van der Waals surface area contributed by atoms with Gasteiger partial charge in [0, 0.05) is 0 Å². The van der Waals surface area contributed by atoms with E-state index in [1.54, 1.807) is 25.1 Å². The number of hydrogen-bond acceptors (Lipinski definition) is 3. The van der Waals surface area contributed by atoms with Crippen molar-refractivity contribution in [1.82, 2.24) is 0 Å². The fourth-order valence-electron chi connectivity index (χ4n) is 2.17. The van der Waals surface area contributed by atoms with Crippen LogP contribution in [-0.4, -0.2) is 18.6 Å². The maximum absolute atomic E-state index is 13.6. The monoisotopic (exact) mass is 251 g/mol. The SMILES string of the molecule is COC(=O)C(C)(CC1CC1)Nc1ccccc1F. The van der Waals surface area contributed by atoms with Gasteiger partial charge in [-0.15, -0.1) is 0 Å². The summed E-state index contributed by atoms with van der Waals surface area (Å²) in [4.78, 5) is 11.9. The first-order valence-electron chi connectivity index (χ1n) is 6.16. The second-order valence-electron chi connectivity index (χ2n) is 5.08. The molecule has 1 saturated carbocycles. The lowest BCUT2D eigenvalue weighted by atomic mass is 9.94. The molecule has 18 heavy (non-hydrogen) atoms. The molecule has 0 bridgehead atoms. The zero-order chi connectivity index (χ0) is 13.2. The highest BCUT2D eigenvalue weighted by molar-refractivity contribution is 5.84. The third-order valence-corrected chi connectivity index (χ3v) is 3.31. The van der Waals surface area contributed by atoms with Gasteiger partial charge in [0.05, 0.1) is 12.8 Å². The van der Waals surface area contributed by atoms with Gasteiger partial charge in [-0.2, -0.15) is 0 Å². The van der Waals surface area contributed by atoms with Crippen LogP contribution in [0.15, 0.2) is 24.3 Å². The van der Waals surface area contributed by atoms with Gasteiger partial charge in [-0.05, 0) is 31.4 Å². The topological polar surface area (TPSA) is 38.3 Å². The van der Waals surface area contributed by atoms with E-state index < -0.39 is 5.54 Å². The number of nitrogens with one attached hydrogen (secondary N) is 1. The minimum atomic E-state index is -0.863. The van der Waals surface area contributed by atoms with Gasteiger partial charge in [0.1, 0.15) is 11.4 Å². The van der Waals surface area contributed by atoms with Gasteiger partial charge in [-0.3, -0.25) is 0 Å². The van der Waals surface area contributed by atoms with Crippen LogP contribution in [0.4, 0.5) is 10.1 Å². The van der Waals surface area contributed by atoms with Gasteiger partial charge >= 0.3 is 5.97 Å². The molecule has 0 spiro atoms. The average Bonchev–Trinajstić information content (AvgIpc) is 3.15. The maximum Gasteiger partial charge on any atom is 0.331 e. The molecule has 0 radical (unpaired) electrons. The van der Waals surface area contributed by atoms with Crippen molar-refractivity contribution in [3.8, 4) is 0 Å². The van der Waals surface area contributed by atoms with Crippen LogP contribution in [0, 0.1) is 11.7 Å². The molecular weight excluding hydrogens is 233 g/mol. The van der Waals surface area contributed by atoms with Gasteiger partial charge < -0.3 is 10.1 Å². The van der Waals surface area contributed by atoms with Gasteiger partial charge in [-0.25, -0.2) is 9.18 Å². The highest BCUT2D eigenvalue weighted by atomic mass is 19.1. The van der Waals surface area contributed by atoms with E-state index in [0.29, 0.717) is 18.0 Å². The van der Waals surface area contributed by atoms with Crippen LogP contribution in [0.5, 0.6) is 0 Å². The van der Waals surface area contributed by atoms with E-state index in [1.807, 2.05) is 0 Å². The minimum Gasteiger partial charge on any atom is -0.467 e. The lowest BCUT2D eigenvalue weighted by molar-refractivity contribution is -0.145. The van der Waals surface area contributed by atoms with E-state index >= 15 is 0 Å². The van der Waals surface area contributed by atoms with E-state index in [0.717, 1.165) is 12.8 Å². The Balaban J connectivity index is 2.18. The van der Waals surface area contributed by atoms with Crippen LogP contribution in [0.25, 0.3) is 0 Å². The second-order valence-corrected chi connectivity index (χ2v) is 5.08. The van der Waals surface area contributed by atoms with Crippen LogP contribution >= 0.6 is 0 Å². The Hall–Kier alpha value is -1.58. The number of para-hydroxylation sites is 1. The first kappa shape index (κ1) is 12.9. The number of carbonyl (C=O) groups is 1. The number of esters is 1. The molecule has 0 saturated heterocycles. The van der Waals surface area contributed by atoms with E-state index in [-0.39, 0.29) is 11.8 Å². The van der Waals surface area contributed by atoms with Crippen molar-refractivity contribution < 1.29 is 13.9 Å². The Kier molecular flexibility index (Phi) is 3.55. The zero-order valence-corrected chi connectivity index (χ0v) is 10.7. The first-order valence-corrected chi connectivity index (χ1v) is 6.16. The van der Waals surface area contributed by atoms with Crippen molar-refractivity contribution >= 4 is 11.7 Å². The summed E-state index contributed by atoms with van der Waals surface area (Å²) in [5.74, 6) is -0.172. The molecule has 1 aromatic carbocycles. The Morgan fingerprint density at radius 2 is 2.17 bits per heavy atom. The van der Waals surface area contributed by atoms with Crippen molar-refractivity contribution in [2.24, 2.45) is 5.92 Å². The standard InChI is InChI=1S/C14H18FNO2/c1-14(13(17)18-2,9-10-7-8-10)16-12-6-4-3-5-11(12)15/h3-6,10,16H,7-9H2,1-2H3. The number of hydrogen-bond donors (Lipinski definition) is 1. The molecule has 1 aliphatic carbocycles. The summed E-state index contributed by atoms with van der Waals surface area (Å²) < 4.78 is 18.5. The summed E-state index contributed by atoms with van der Waals surface area (Å²) in [7, 11) is 1.36. The predicted octanol–water partition coefficient (Wildman–Crippen LogP) is 2.97. The minimum absolute atomic E-state index is 0.339. The Bertz CT molecular complexity index is 445. The quantitative estimate of drug-likeness (QED) is 0.818. The molecule has 0 aromatic heterocycles. The second kappa shape index (κ2) is 4.96. The summed E-state index contributed by atoms with van der Waals surface area (Å²) in [5.41, 5.74) is -0.524. The Morgan fingerprint density at radius 1 is 1.50 bits per heavy atom. The van der Waals surface area contributed by atoms with Gasteiger partial charge in [0.25, 0.3) is 0 Å². The summed E-state index contributed by atoms with van der Waals surface area (Å²) in [6.07, 6.45) is 2.94. The van der Waals surface area contributed by atoms with Crippen molar-refractivity contribution in [2.75, 3.05) is 12.4 Å². The summed E-state index contributed by atoms with van der Waals surface area (Å²) in [6, 6.07) is 6.36. The molecule has 1 aliphatic rings. The summed E-state index contributed by atoms with van der Waals surface area (Å²) >= 11 is 0. The highest BCUT2D eigenvalue weighted by Gasteiger charge is 2.40. The fraction of sp³-hybridized carbons (Fsp3) is 0.500. The highest BCUT2D eigenvalue weighted by Crippen LogP contribution is 2.38. The van der Waals surface area contributed by atoms with Crippen LogP contribution in [0.3, 0.4) is 0 Å². The molecule has 2 rings (SSSR count). The summed E-state index contributed by atoms with van der Waals surface area (Å²) in [6.45, 7) is 1.77. The van der Waals surface area contributed by atoms with Crippen molar-refractivity contribution in [2.45, 2.75) is 31.7 Å². The Labute approximate surface area is 106 Å². The van der Waals surface area contributed by atoms with Crippen LogP contribution in [-0.2, 0) is 9.53 Å². The molecule has 3 nitrogen and oxygen atoms in total. The molecule has 0 aliphatic heterocycles. The molecule has 1 fully saturated rings. The number of carbonyl (C=O) groups excluding carboxylic acids is 1. The molecule has 98 valence electrons. The van der Waals surface area contributed by atoms with E-state index in [9.17, 15) is 9.18 Å². The Morgan fingerprint density at radius 3 is 2.72 bits per heavy atom. The fourth-order valence-corrected chi connectivity index (χ4v) is 2.17. The molecule has 0 amide bonds. The lowest BCUT2D eigenvalue weighted by Crippen LogP contribution is -2.45. The molecule has 1 unspecified atom stereocenters. The molecule has 0 heterocycles. The van der Waals surface area contributed by atoms with Gasteiger partial charge in [0.2, 0.25) is 0 Å². The predicted molar refractivity (Wildman–Crippen MR) is 67.8 cm³/mol. The van der Waals surface area contributed by atoms with E-state index in [4.69, 9.17) is 4.74 Å². The van der Waals surface area contributed by atoms with Gasteiger partial charge in [0.15, 0.2) is 0 Å². The van der Waals surface area contributed by atoms with Crippen molar-refractivity contribution in [3.63, 3.8) is 0 Å². The molecule has 4 heteroatoms. The van der Waals surface area contributed by atoms with Gasteiger partial charge in [-0.1, -0.05) is 25.0 Å².